The van der Waals surface area contributed by atoms with Crippen LogP contribution in [0, 0.1) is 5.82 Å². The molecule has 0 radical (unpaired) electrons. The summed E-state index contributed by atoms with van der Waals surface area (Å²) in [5.41, 5.74) is 3.28. The number of benzene rings is 2. The van der Waals surface area contributed by atoms with Crippen molar-refractivity contribution >= 4 is 0 Å². The highest BCUT2D eigenvalue weighted by Gasteiger charge is 2.13. The Hall–Kier alpha value is -1.67. The van der Waals surface area contributed by atoms with Gasteiger partial charge in [0.05, 0.1) is 0 Å². The lowest BCUT2D eigenvalue weighted by Gasteiger charge is -2.17. The van der Waals surface area contributed by atoms with Crippen molar-refractivity contribution in [2.75, 3.05) is 7.05 Å². The molecule has 0 bridgehead atoms. The average molecular weight is 257 g/mol. The Morgan fingerprint density at radius 2 is 1.63 bits per heavy atom. The Morgan fingerprint density at radius 1 is 1.00 bits per heavy atom. The summed E-state index contributed by atoms with van der Waals surface area (Å²) in [4.78, 5) is 0. The van der Waals surface area contributed by atoms with Crippen molar-refractivity contribution in [3.05, 3.63) is 71.0 Å². The Bertz CT molecular complexity index is 519. The van der Waals surface area contributed by atoms with Crippen LogP contribution in [0.15, 0.2) is 48.5 Å². The van der Waals surface area contributed by atoms with Crippen molar-refractivity contribution in [2.24, 2.45) is 0 Å². The minimum atomic E-state index is -0.146. The van der Waals surface area contributed by atoms with Gasteiger partial charge in [-0.25, -0.2) is 4.39 Å². The molecule has 0 heterocycles. The summed E-state index contributed by atoms with van der Waals surface area (Å²) in [6.07, 6.45) is 1.84. The van der Waals surface area contributed by atoms with Gasteiger partial charge in [0.15, 0.2) is 0 Å². The topological polar surface area (TPSA) is 12.0 Å². The van der Waals surface area contributed by atoms with E-state index in [4.69, 9.17) is 0 Å². The number of aryl methyl sites for hydroxylation is 1. The maximum Gasteiger partial charge on any atom is 0.127 e. The summed E-state index contributed by atoms with van der Waals surface area (Å²) in [6.45, 7) is 2.14. The van der Waals surface area contributed by atoms with Crippen molar-refractivity contribution in [1.82, 2.24) is 5.32 Å². The van der Waals surface area contributed by atoms with E-state index < -0.39 is 0 Å². The molecular formula is C17H20FN. The number of hydrogen-bond donors (Lipinski definition) is 1. The second-order valence-corrected chi connectivity index (χ2v) is 4.74. The second-order valence-electron chi connectivity index (χ2n) is 4.74. The van der Waals surface area contributed by atoms with Gasteiger partial charge in [-0.15, -0.1) is 0 Å². The van der Waals surface area contributed by atoms with Crippen LogP contribution in [0.2, 0.25) is 0 Å². The van der Waals surface area contributed by atoms with Gasteiger partial charge in [-0.3, -0.25) is 0 Å². The highest BCUT2D eigenvalue weighted by atomic mass is 19.1. The summed E-state index contributed by atoms with van der Waals surface area (Å²) in [5.74, 6) is -0.146. The lowest BCUT2D eigenvalue weighted by atomic mass is 9.97. The zero-order valence-corrected chi connectivity index (χ0v) is 11.5. The first-order valence-electron chi connectivity index (χ1n) is 6.74. The lowest BCUT2D eigenvalue weighted by molar-refractivity contribution is 0.534. The van der Waals surface area contributed by atoms with E-state index in [0.717, 1.165) is 18.4 Å². The third-order valence-corrected chi connectivity index (χ3v) is 3.50. The zero-order valence-electron chi connectivity index (χ0n) is 11.5. The number of hydrogen-bond acceptors (Lipinski definition) is 1. The van der Waals surface area contributed by atoms with E-state index >= 15 is 0 Å². The van der Waals surface area contributed by atoms with Crippen molar-refractivity contribution in [2.45, 2.75) is 25.8 Å². The highest BCUT2D eigenvalue weighted by Crippen LogP contribution is 2.21. The summed E-state index contributed by atoms with van der Waals surface area (Å²) < 4.78 is 13.8. The first-order chi connectivity index (χ1) is 9.24. The third kappa shape index (κ3) is 3.42. The van der Waals surface area contributed by atoms with Gasteiger partial charge in [0.2, 0.25) is 0 Å². The molecule has 0 saturated carbocycles. The molecule has 19 heavy (non-hydrogen) atoms. The maximum absolute atomic E-state index is 13.8. The van der Waals surface area contributed by atoms with Crippen molar-refractivity contribution in [3.8, 4) is 0 Å². The first-order valence-corrected chi connectivity index (χ1v) is 6.74. The maximum atomic E-state index is 13.8. The molecule has 2 aromatic carbocycles. The molecule has 0 aromatic heterocycles. The van der Waals surface area contributed by atoms with Gasteiger partial charge < -0.3 is 5.32 Å². The zero-order chi connectivity index (χ0) is 13.7. The molecule has 2 rings (SSSR count). The van der Waals surface area contributed by atoms with Crippen LogP contribution >= 0.6 is 0 Å². The molecule has 100 valence electrons. The molecule has 0 aliphatic heterocycles. The van der Waals surface area contributed by atoms with Crippen LogP contribution in [-0.4, -0.2) is 7.05 Å². The van der Waals surface area contributed by atoms with Crippen LogP contribution in [0.3, 0.4) is 0 Å². The van der Waals surface area contributed by atoms with Crippen LogP contribution < -0.4 is 5.32 Å². The SMILES string of the molecule is CCc1ccc(CC(NC)c2ccccc2F)cc1. The van der Waals surface area contributed by atoms with Gasteiger partial charge in [-0.2, -0.15) is 0 Å². The molecule has 1 atom stereocenters. The van der Waals surface area contributed by atoms with E-state index in [1.807, 2.05) is 19.2 Å². The summed E-state index contributed by atoms with van der Waals surface area (Å²) in [5, 5.41) is 3.20. The van der Waals surface area contributed by atoms with Crippen molar-refractivity contribution in [3.63, 3.8) is 0 Å². The quantitative estimate of drug-likeness (QED) is 0.857. The smallest absolute Gasteiger partial charge is 0.127 e. The Morgan fingerprint density at radius 3 is 2.21 bits per heavy atom. The van der Waals surface area contributed by atoms with Gasteiger partial charge in [-0.05, 0) is 37.1 Å². The molecule has 2 heteroatoms. The predicted octanol–water partition coefficient (Wildman–Crippen LogP) is 3.89. The van der Waals surface area contributed by atoms with Crippen LogP contribution in [-0.2, 0) is 12.8 Å². The molecule has 0 amide bonds. The molecule has 1 nitrogen and oxygen atoms in total. The molecule has 1 unspecified atom stereocenters. The van der Waals surface area contributed by atoms with Gasteiger partial charge >= 0.3 is 0 Å². The minimum Gasteiger partial charge on any atom is -0.313 e. The molecule has 2 aromatic rings. The van der Waals surface area contributed by atoms with Gasteiger partial charge in [-0.1, -0.05) is 49.4 Å². The molecular weight excluding hydrogens is 237 g/mol. The average Bonchev–Trinajstić information content (AvgIpc) is 2.46. The fraction of sp³-hybridized carbons (Fsp3) is 0.294. The molecule has 0 aliphatic carbocycles. The summed E-state index contributed by atoms with van der Waals surface area (Å²) >= 11 is 0. The largest absolute Gasteiger partial charge is 0.313 e. The monoisotopic (exact) mass is 257 g/mol. The molecule has 0 spiro atoms. The molecule has 0 fully saturated rings. The van der Waals surface area contributed by atoms with Crippen LogP contribution in [0.25, 0.3) is 0 Å². The van der Waals surface area contributed by atoms with E-state index in [9.17, 15) is 4.39 Å². The fourth-order valence-electron chi connectivity index (χ4n) is 2.27. The minimum absolute atomic E-state index is 0.00803. The highest BCUT2D eigenvalue weighted by molar-refractivity contribution is 5.27. The first kappa shape index (κ1) is 13.8. The predicted molar refractivity (Wildman–Crippen MR) is 77.7 cm³/mol. The van der Waals surface area contributed by atoms with Crippen LogP contribution in [0.1, 0.15) is 29.7 Å². The number of nitrogens with one attached hydrogen (secondary N) is 1. The van der Waals surface area contributed by atoms with Crippen LogP contribution in [0.5, 0.6) is 0 Å². The van der Waals surface area contributed by atoms with Crippen LogP contribution in [0.4, 0.5) is 4.39 Å². The normalized spacial score (nSPS) is 12.4. The Kier molecular flexibility index (Phi) is 4.69. The molecule has 0 aliphatic rings. The standard InChI is InChI=1S/C17H20FN/c1-3-13-8-10-14(11-9-13)12-17(19-2)15-6-4-5-7-16(15)18/h4-11,17,19H,3,12H2,1-2H3. The van der Waals surface area contributed by atoms with Crippen molar-refractivity contribution < 1.29 is 4.39 Å². The number of likely N-dealkylation sites (N-methyl/N-ethyl adjacent to an activating group) is 1. The number of halogens is 1. The van der Waals surface area contributed by atoms with Gasteiger partial charge in [0.25, 0.3) is 0 Å². The molecule has 0 saturated heterocycles. The van der Waals surface area contributed by atoms with E-state index in [2.05, 4.69) is 36.5 Å². The second kappa shape index (κ2) is 6.48. The summed E-state index contributed by atoms with van der Waals surface area (Å²) in [7, 11) is 1.87. The number of rotatable bonds is 5. The Labute approximate surface area is 114 Å². The lowest BCUT2D eigenvalue weighted by Crippen LogP contribution is -2.20. The fourth-order valence-corrected chi connectivity index (χ4v) is 2.27. The van der Waals surface area contributed by atoms with Crippen molar-refractivity contribution in [1.29, 1.82) is 0 Å². The summed E-state index contributed by atoms with van der Waals surface area (Å²) in [6, 6.07) is 15.5. The molecule has 1 N–H and O–H groups in total. The van der Waals surface area contributed by atoms with E-state index in [1.165, 1.54) is 17.2 Å². The van der Waals surface area contributed by atoms with E-state index in [0.29, 0.717) is 0 Å². The Balaban J connectivity index is 2.17. The third-order valence-electron chi connectivity index (χ3n) is 3.50. The van der Waals surface area contributed by atoms with E-state index in [-0.39, 0.29) is 11.9 Å². The van der Waals surface area contributed by atoms with E-state index in [1.54, 1.807) is 6.07 Å². The van der Waals surface area contributed by atoms with Gasteiger partial charge in [0, 0.05) is 11.6 Å². The van der Waals surface area contributed by atoms with Gasteiger partial charge in [0.1, 0.15) is 5.82 Å².